The molecule has 4 atom stereocenters. The Morgan fingerprint density at radius 3 is 2.53 bits per heavy atom. The molecule has 1 aromatic carbocycles. The van der Waals surface area contributed by atoms with Gasteiger partial charge in [0.15, 0.2) is 0 Å². The van der Waals surface area contributed by atoms with E-state index in [0.717, 1.165) is 12.2 Å². The molecule has 1 aliphatic rings. The highest BCUT2D eigenvalue weighted by Gasteiger charge is 2.35. The quantitative estimate of drug-likeness (QED) is 0.841. The van der Waals surface area contributed by atoms with Gasteiger partial charge < -0.3 is 15.2 Å². The summed E-state index contributed by atoms with van der Waals surface area (Å²) in [7, 11) is 1.67. The maximum absolute atomic E-state index is 9.82. The van der Waals surface area contributed by atoms with Gasteiger partial charge in [-0.3, -0.25) is 0 Å². The second-order valence-electron chi connectivity index (χ2n) is 4.95. The number of aliphatic hydroxyl groups is 1. The molecule has 0 unspecified atom stereocenters. The van der Waals surface area contributed by atoms with Crippen LogP contribution in [0.15, 0.2) is 24.3 Å². The van der Waals surface area contributed by atoms with Gasteiger partial charge in [0.05, 0.1) is 13.2 Å². The second-order valence-corrected chi connectivity index (χ2v) is 4.95. The van der Waals surface area contributed by atoms with E-state index in [9.17, 15) is 5.11 Å². The first-order valence-electron chi connectivity index (χ1n) is 6.20. The predicted molar refractivity (Wildman–Crippen MR) is 68.4 cm³/mol. The Balaban J connectivity index is 2.19. The molecule has 17 heavy (non-hydrogen) atoms. The summed E-state index contributed by atoms with van der Waals surface area (Å²) < 4.78 is 5.16. The smallest absolute Gasteiger partial charge is 0.118 e. The molecule has 1 aromatic rings. The summed E-state index contributed by atoms with van der Waals surface area (Å²) in [5.41, 5.74) is 1.27. The highest BCUT2D eigenvalue weighted by molar-refractivity contribution is 5.31. The number of aliphatic hydroxyl groups excluding tert-OH is 1. The van der Waals surface area contributed by atoms with Crippen molar-refractivity contribution < 1.29 is 9.84 Å². The highest BCUT2D eigenvalue weighted by atomic mass is 16.5. The molecule has 0 saturated carbocycles. The molecule has 0 aliphatic carbocycles. The summed E-state index contributed by atoms with van der Waals surface area (Å²) in [6, 6.07) is 8.77. The van der Waals surface area contributed by atoms with Crippen LogP contribution in [0.1, 0.15) is 31.7 Å². The van der Waals surface area contributed by atoms with Crippen molar-refractivity contribution in [3.63, 3.8) is 0 Å². The van der Waals surface area contributed by atoms with Crippen molar-refractivity contribution in [1.82, 2.24) is 5.32 Å². The summed E-state index contributed by atoms with van der Waals surface area (Å²) in [6.45, 7) is 4.02. The highest BCUT2D eigenvalue weighted by Crippen LogP contribution is 2.33. The van der Waals surface area contributed by atoms with E-state index in [-0.39, 0.29) is 12.1 Å². The molecule has 0 aromatic heterocycles. The van der Waals surface area contributed by atoms with Crippen molar-refractivity contribution >= 4 is 0 Å². The van der Waals surface area contributed by atoms with Crippen molar-refractivity contribution in [3.05, 3.63) is 29.8 Å². The van der Waals surface area contributed by atoms with Crippen LogP contribution >= 0.6 is 0 Å². The van der Waals surface area contributed by atoms with Crippen molar-refractivity contribution in [3.8, 4) is 5.75 Å². The standard InChI is InChI=1S/C14H21NO2/c1-9-8-13(14(15-9)10(2)16)11-4-6-12(17-3)7-5-11/h4-7,9-10,13-16H,8H2,1-3H3/t9-,10+,13-,14-/m0/s1. The lowest BCUT2D eigenvalue weighted by molar-refractivity contribution is 0.145. The zero-order valence-electron chi connectivity index (χ0n) is 10.7. The van der Waals surface area contributed by atoms with E-state index in [1.54, 1.807) is 7.11 Å². The van der Waals surface area contributed by atoms with E-state index in [2.05, 4.69) is 24.4 Å². The van der Waals surface area contributed by atoms with Crippen molar-refractivity contribution in [2.45, 2.75) is 44.4 Å². The van der Waals surface area contributed by atoms with Crippen LogP contribution in [0.2, 0.25) is 0 Å². The van der Waals surface area contributed by atoms with E-state index in [0.29, 0.717) is 12.0 Å². The first-order valence-corrected chi connectivity index (χ1v) is 6.20. The van der Waals surface area contributed by atoms with Crippen molar-refractivity contribution in [2.75, 3.05) is 7.11 Å². The molecule has 3 nitrogen and oxygen atoms in total. The summed E-state index contributed by atoms with van der Waals surface area (Å²) >= 11 is 0. The third-order valence-corrected chi connectivity index (χ3v) is 3.58. The van der Waals surface area contributed by atoms with Crippen LogP contribution in [0.25, 0.3) is 0 Å². The van der Waals surface area contributed by atoms with Gasteiger partial charge in [0, 0.05) is 18.0 Å². The fourth-order valence-corrected chi connectivity index (χ4v) is 2.71. The average molecular weight is 235 g/mol. The van der Waals surface area contributed by atoms with Gasteiger partial charge in [-0.1, -0.05) is 12.1 Å². The summed E-state index contributed by atoms with van der Waals surface area (Å²) in [5, 5.41) is 13.3. The Morgan fingerprint density at radius 1 is 1.35 bits per heavy atom. The molecule has 0 spiro atoms. The lowest BCUT2D eigenvalue weighted by atomic mass is 9.88. The van der Waals surface area contributed by atoms with Crippen molar-refractivity contribution in [2.24, 2.45) is 0 Å². The van der Waals surface area contributed by atoms with Crippen LogP contribution in [0.5, 0.6) is 5.75 Å². The van der Waals surface area contributed by atoms with E-state index in [4.69, 9.17) is 4.74 Å². The summed E-state index contributed by atoms with van der Waals surface area (Å²) in [4.78, 5) is 0. The predicted octanol–water partition coefficient (Wildman–Crippen LogP) is 1.91. The van der Waals surface area contributed by atoms with Crippen LogP contribution in [0.4, 0.5) is 0 Å². The first-order chi connectivity index (χ1) is 8.11. The molecule has 1 fully saturated rings. The molecular weight excluding hydrogens is 214 g/mol. The Kier molecular flexibility index (Phi) is 3.69. The summed E-state index contributed by atoms with van der Waals surface area (Å²) in [5.74, 6) is 1.26. The molecule has 0 bridgehead atoms. The monoisotopic (exact) mass is 235 g/mol. The third kappa shape index (κ3) is 2.61. The Morgan fingerprint density at radius 2 is 2.00 bits per heavy atom. The number of hydrogen-bond acceptors (Lipinski definition) is 3. The fraction of sp³-hybridized carbons (Fsp3) is 0.571. The number of nitrogens with one attached hydrogen (secondary N) is 1. The minimum atomic E-state index is -0.327. The van der Waals surface area contributed by atoms with E-state index in [1.165, 1.54) is 5.56 Å². The molecule has 1 aliphatic heterocycles. The lowest BCUT2D eigenvalue weighted by Gasteiger charge is -2.22. The minimum Gasteiger partial charge on any atom is -0.497 e. The molecule has 3 heteroatoms. The summed E-state index contributed by atoms with van der Waals surface area (Å²) in [6.07, 6.45) is 0.745. The normalized spacial score (nSPS) is 30.2. The maximum Gasteiger partial charge on any atom is 0.118 e. The third-order valence-electron chi connectivity index (χ3n) is 3.58. The van der Waals surface area contributed by atoms with Gasteiger partial charge in [-0.15, -0.1) is 0 Å². The molecule has 1 heterocycles. The molecule has 0 radical (unpaired) electrons. The Hall–Kier alpha value is -1.06. The van der Waals surface area contributed by atoms with E-state index < -0.39 is 0 Å². The number of ether oxygens (including phenoxy) is 1. The van der Waals surface area contributed by atoms with Crippen LogP contribution < -0.4 is 10.1 Å². The maximum atomic E-state index is 9.82. The first kappa shape index (κ1) is 12.4. The number of hydrogen-bond donors (Lipinski definition) is 2. The number of rotatable bonds is 3. The lowest BCUT2D eigenvalue weighted by Crippen LogP contribution is -2.38. The van der Waals surface area contributed by atoms with E-state index in [1.807, 2.05) is 19.1 Å². The van der Waals surface area contributed by atoms with Crippen LogP contribution in [-0.2, 0) is 0 Å². The molecule has 1 saturated heterocycles. The average Bonchev–Trinajstić information content (AvgIpc) is 2.72. The van der Waals surface area contributed by atoms with Gasteiger partial charge in [0.2, 0.25) is 0 Å². The van der Waals surface area contributed by atoms with Gasteiger partial charge in [-0.25, -0.2) is 0 Å². The topological polar surface area (TPSA) is 41.5 Å². The second kappa shape index (κ2) is 5.07. The Bertz CT molecular complexity index is 361. The molecule has 2 rings (SSSR count). The van der Waals surface area contributed by atoms with Gasteiger partial charge in [0.25, 0.3) is 0 Å². The van der Waals surface area contributed by atoms with Crippen LogP contribution in [-0.4, -0.2) is 30.4 Å². The molecular formula is C14H21NO2. The largest absolute Gasteiger partial charge is 0.497 e. The molecule has 0 amide bonds. The van der Waals surface area contributed by atoms with Crippen LogP contribution in [0, 0.1) is 0 Å². The van der Waals surface area contributed by atoms with Gasteiger partial charge in [-0.05, 0) is 38.0 Å². The number of benzene rings is 1. The zero-order chi connectivity index (χ0) is 12.4. The van der Waals surface area contributed by atoms with Gasteiger partial charge in [0.1, 0.15) is 5.75 Å². The molecule has 94 valence electrons. The van der Waals surface area contributed by atoms with Gasteiger partial charge >= 0.3 is 0 Å². The fourth-order valence-electron chi connectivity index (χ4n) is 2.71. The molecule has 2 N–H and O–H groups in total. The van der Waals surface area contributed by atoms with Crippen LogP contribution in [0.3, 0.4) is 0 Å². The van der Waals surface area contributed by atoms with Crippen molar-refractivity contribution in [1.29, 1.82) is 0 Å². The Labute approximate surface area is 103 Å². The minimum absolute atomic E-state index is 0.151. The van der Waals surface area contributed by atoms with Gasteiger partial charge in [-0.2, -0.15) is 0 Å². The zero-order valence-corrected chi connectivity index (χ0v) is 10.7. The number of methoxy groups -OCH3 is 1. The van der Waals surface area contributed by atoms with E-state index >= 15 is 0 Å². The SMILES string of the molecule is COc1ccc([C@@H]2C[C@H](C)N[C@H]2[C@@H](C)O)cc1.